The number of aromatic nitrogens is 1. The van der Waals surface area contributed by atoms with Gasteiger partial charge >= 0.3 is 0 Å². The van der Waals surface area contributed by atoms with Crippen LogP contribution in [0.1, 0.15) is 49.4 Å². The van der Waals surface area contributed by atoms with Crippen molar-refractivity contribution in [1.29, 1.82) is 0 Å². The van der Waals surface area contributed by atoms with Gasteiger partial charge in [0.25, 0.3) is 0 Å². The van der Waals surface area contributed by atoms with Crippen molar-refractivity contribution in [2.45, 2.75) is 44.2 Å². The second kappa shape index (κ2) is 3.32. The molecule has 1 aromatic heterocycles. The van der Waals surface area contributed by atoms with Gasteiger partial charge in [0, 0.05) is 24.3 Å². The molecule has 5 rings (SSSR count). The Hall–Kier alpha value is -1.09. The van der Waals surface area contributed by atoms with E-state index in [0.717, 1.165) is 23.8 Å². The molecule has 0 aromatic carbocycles. The predicted molar refractivity (Wildman–Crippen MR) is 73.0 cm³/mol. The first kappa shape index (κ1) is 10.7. The number of hydrogen-bond acceptors (Lipinski definition) is 2. The maximum Gasteiger partial charge on any atom is 0.248 e. The Balaban J connectivity index is 1.74. The standard InChI is InChI=1S/C16H20N2O/c1-8-4-12-11-6-9-7-18(13(11)5-8)16(12)15-10(9)2-3-14(19)17-15/h2-3,8-9,11-13,16H,4-7H2,1H3,(H,17,19)/t8?,9-,11+,12?,13+,16+/m0/s1. The third-order valence-corrected chi connectivity index (χ3v) is 6.26. The first-order valence-corrected chi connectivity index (χ1v) is 7.71. The number of fused-ring (bicyclic) bond motifs is 5. The first-order valence-electron chi connectivity index (χ1n) is 7.71. The number of nitrogens with one attached hydrogen (secondary N) is 1. The van der Waals surface area contributed by atoms with E-state index in [0.29, 0.717) is 12.0 Å². The molecule has 2 saturated heterocycles. The van der Waals surface area contributed by atoms with E-state index in [2.05, 4.69) is 22.9 Å². The molecule has 5 bridgehead atoms. The molecule has 1 aromatic rings. The predicted octanol–water partition coefficient (Wildman–Crippen LogP) is 2.26. The molecule has 3 aliphatic heterocycles. The Morgan fingerprint density at radius 2 is 2.11 bits per heavy atom. The van der Waals surface area contributed by atoms with E-state index in [-0.39, 0.29) is 5.56 Å². The van der Waals surface area contributed by atoms with Crippen molar-refractivity contribution in [3.63, 3.8) is 0 Å². The lowest BCUT2D eigenvalue weighted by Gasteiger charge is -2.44. The maximum absolute atomic E-state index is 11.7. The molecule has 4 heterocycles. The number of aromatic amines is 1. The van der Waals surface area contributed by atoms with Gasteiger partial charge in [-0.25, -0.2) is 0 Å². The summed E-state index contributed by atoms with van der Waals surface area (Å²) in [4.78, 5) is 17.7. The number of piperidine rings is 1. The van der Waals surface area contributed by atoms with Gasteiger partial charge in [-0.1, -0.05) is 13.0 Å². The van der Waals surface area contributed by atoms with Crippen LogP contribution < -0.4 is 5.56 Å². The van der Waals surface area contributed by atoms with E-state index in [4.69, 9.17) is 0 Å². The molecule has 0 amide bonds. The van der Waals surface area contributed by atoms with Gasteiger partial charge in [-0.3, -0.25) is 9.69 Å². The molecule has 7 atom stereocenters. The summed E-state index contributed by atoms with van der Waals surface area (Å²) in [6.07, 6.45) is 4.08. The molecule has 4 aliphatic rings. The Kier molecular flexibility index (Phi) is 1.86. The number of hydrogen-bond donors (Lipinski definition) is 1. The fourth-order valence-corrected chi connectivity index (χ4v) is 5.75. The van der Waals surface area contributed by atoms with Crippen LogP contribution >= 0.6 is 0 Å². The molecule has 0 radical (unpaired) electrons. The van der Waals surface area contributed by atoms with Gasteiger partial charge < -0.3 is 4.98 Å². The Bertz CT molecular complexity index is 607. The Morgan fingerprint density at radius 3 is 3.00 bits per heavy atom. The van der Waals surface area contributed by atoms with Crippen LogP contribution in [0.3, 0.4) is 0 Å². The van der Waals surface area contributed by atoms with Gasteiger partial charge in [-0.15, -0.1) is 0 Å². The highest BCUT2D eigenvalue weighted by atomic mass is 16.1. The summed E-state index contributed by atoms with van der Waals surface area (Å²) in [6.45, 7) is 3.64. The molecule has 19 heavy (non-hydrogen) atoms. The van der Waals surface area contributed by atoms with Gasteiger partial charge in [-0.2, -0.15) is 0 Å². The zero-order valence-electron chi connectivity index (χ0n) is 11.3. The van der Waals surface area contributed by atoms with Crippen LogP contribution in [-0.2, 0) is 0 Å². The lowest BCUT2D eigenvalue weighted by molar-refractivity contribution is 0.0902. The van der Waals surface area contributed by atoms with Crippen LogP contribution in [-0.4, -0.2) is 22.5 Å². The quantitative estimate of drug-likeness (QED) is 0.773. The molecule has 1 aliphatic carbocycles. The van der Waals surface area contributed by atoms with Crippen LogP contribution in [0.25, 0.3) is 0 Å². The topological polar surface area (TPSA) is 36.1 Å². The van der Waals surface area contributed by atoms with Crippen molar-refractivity contribution in [3.05, 3.63) is 33.7 Å². The van der Waals surface area contributed by atoms with Crippen LogP contribution in [0.2, 0.25) is 0 Å². The van der Waals surface area contributed by atoms with Gasteiger partial charge in [0.2, 0.25) is 5.56 Å². The molecular formula is C16H20N2O. The Labute approximate surface area is 113 Å². The van der Waals surface area contributed by atoms with Gasteiger partial charge in [0.15, 0.2) is 0 Å². The zero-order valence-corrected chi connectivity index (χ0v) is 11.3. The van der Waals surface area contributed by atoms with Gasteiger partial charge in [0.1, 0.15) is 0 Å². The van der Waals surface area contributed by atoms with E-state index < -0.39 is 0 Å². The normalized spacial score (nSPS) is 49.2. The minimum absolute atomic E-state index is 0.0762. The average Bonchev–Trinajstić information content (AvgIpc) is 2.56. The van der Waals surface area contributed by atoms with Gasteiger partial charge in [-0.05, 0) is 48.5 Å². The molecule has 1 N–H and O–H groups in total. The minimum atomic E-state index is 0.0762. The number of nitrogens with zero attached hydrogens (tertiary/aromatic N) is 1. The summed E-state index contributed by atoms with van der Waals surface area (Å²) in [5.41, 5.74) is 2.79. The molecule has 3 nitrogen and oxygen atoms in total. The first-order chi connectivity index (χ1) is 9.22. The number of H-pyrrole nitrogens is 1. The SMILES string of the molecule is CC1CC2[C@H]3C[C@H]4CN([C@@H]3C1)[C@H]2c1[nH]c(=O)ccc14. The van der Waals surface area contributed by atoms with Crippen LogP contribution in [0.4, 0.5) is 0 Å². The van der Waals surface area contributed by atoms with E-state index >= 15 is 0 Å². The second-order valence-corrected chi connectivity index (χ2v) is 7.24. The van der Waals surface area contributed by atoms with E-state index in [9.17, 15) is 4.79 Å². The summed E-state index contributed by atoms with van der Waals surface area (Å²) in [5.74, 6) is 3.20. The number of pyridine rings is 1. The van der Waals surface area contributed by atoms with Crippen molar-refractivity contribution in [2.24, 2.45) is 17.8 Å². The fraction of sp³-hybridized carbons (Fsp3) is 0.688. The smallest absolute Gasteiger partial charge is 0.248 e. The molecular weight excluding hydrogens is 236 g/mol. The summed E-state index contributed by atoms with van der Waals surface area (Å²) in [6, 6.07) is 5.13. The maximum atomic E-state index is 11.7. The highest BCUT2D eigenvalue weighted by Crippen LogP contribution is 2.62. The van der Waals surface area contributed by atoms with E-state index in [1.165, 1.54) is 37.1 Å². The minimum Gasteiger partial charge on any atom is -0.324 e. The molecule has 3 fully saturated rings. The van der Waals surface area contributed by atoms with Crippen LogP contribution in [0, 0.1) is 17.8 Å². The van der Waals surface area contributed by atoms with Crippen molar-refractivity contribution < 1.29 is 0 Å². The average molecular weight is 256 g/mol. The molecule has 3 unspecified atom stereocenters. The fourth-order valence-electron chi connectivity index (χ4n) is 5.75. The van der Waals surface area contributed by atoms with Crippen molar-refractivity contribution in [1.82, 2.24) is 9.88 Å². The van der Waals surface area contributed by atoms with Crippen LogP contribution in [0.15, 0.2) is 16.9 Å². The summed E-state index contributed by atoms with van der Waals surface area (Å²) in [7, 11) is 0. The van der Waals surface area contributed by atoms with E-state index in [1.54, 1.807) is 6.07 Å². The summed E-state index contributed by atoms with van der Waals surface area (Å²) in [5, 5.41) is 0. The van der Waals surface area contributed by atoms with E-state index in [1.807, 2.05) is 0 Å². The highest BCUT2D eigenvalue weighted by molar-refractivity contribution is 5.36. The third-order valence-electron chi connectivity index (χ3n) is 6.26. The molecule has 1 saturated carbocycles. The number of rotatable bonds is 0. The molecule has 0 spiro atoms. The largest absolute Gasteiger partial charge is 0.324 e. The summed E-state index contributed by atoms with van der Waals surface area (Å²) < 4.78 is 0. The monoisotopic (exact) mass is 256 g/mol. The van der Waals surface area contributed by atoms with Crippen LogP contribution in [0.5, 0.6) is 0 Å². The van der Waals surface area contributed by atoms with Crippen molar-refractivity contribution in [3.8, 4) is 0 Å². The molecule has 3 heteroatoms. The second-order valence-electron chi connectivity index (χ2n) is 7.24. The van der Waals surface area contributed by atoms with Gasteiger partial charge in [0.05, 0.1) is 6.04 Å². The Morgan fingerprint density at radius 1 is 1.21 bits per heavy atom. The van der Waals surface area contributed by atoms with Crippen molar-refractivity contribution >= 4 is 0 Å². The summed E-state index contributed by atoms with van der Waals surface area (Å²) >= 11 is 0. The highest BCUT2D eigenvalue weighted by Gasteiger charge is 2.59. The lowest BCUT2D eigenvalue weighted by Crippen LogP contribution is -2.46. The zero-order chi connectivity index (χ0) is 12.7. The lowest BCUT2D eigenvalue weighted by atomic mass is 9.70. The van der Waals surface area contributed by atoms with Crippen molar-refractivity contribution in [2.75, 3.05) is 6.54 Å². The molecule has 100 valence electrons. The third kappa shape index (κ3) is 1.20.